The van der Waals surface area contributed by atoms with E-state index in [1.807, 2.05) is 0 Å². The summed E-state index contributed by atoms with van der Waals surface area (Å²) in [4.78, 5) is 27.5. The van der Waals surface area contributed by atoms with Gasteiger partial charge in [0, 0.05) is 13.1 Å². The highest BCUT2D eigenvalue weighted by Gasteiger charge is 2.29. The SMILES string of the molecule is N#C[C@@H]1CCCN1C(=O)CNCC(=O)N1CCCC[C@@H]1CO. The van der Waals surface area contributed by atoms with Gasteiger partial charge in [-0.2, -0.15) is 5.26 Å². The third-order valence-corrected chi connectivity index (χ3v) is 4.43. The molecule has 2 fully saturated rings. The summed E-state index contributed by atoms with van der Waals surface area (Å²) < 4.78 is 0. The van der Waals surface area contributed by atoms with Crippen molar-refractivity contribution in [2.24, 2.45) is 0 Å². The molecule has 2 saturated heterocycles. The lowest BCUT2D eigenvalue weighted by Crippen LogP contribution is -2.50. The van der Waals surface area contributed by atoms with Crippen molar-refractivity contribution in [3.8, 4) is 6.07 Å². The molecule has 122 valence electrons. The van der Waals surface area contributed by atoms with Gasteiger partial charge in [0.25, 0.3) is 0 Å². The van der Waals surface area contributed by atoms with Crippen molar-refractivity contribution in [2.45, 2.75) is 44.2 Å². The average molecular weight is 308 g/mol. The number of carbonyl (C=O) groups is 2. The van der Waals surface area contributed by atoms with Crippen LogP contribution in [0.2, 0.25) is 0 Å². The quantitative estimate of drug-likeness (QED) is 0.711. The van der Waals surface area contributed by atoms with Crippen LogP contribution in [-0.4, -0.2) is 71.6 Å². The number of hydrogen-bond acceptors (Lipinski definition) is 5. The van der Waals surface area contributed by atoms with Crippen molar-refractivity contribution < 1.29 is 14.7 Å². The number of amides is 2. The summed E-state index contributed by atoms with van der Waals surface area (Å²) in [6, 6.07) is 1.71. The second kappa shape index (κ2) is 8.11. The van der Waals surface area contributed by atoms with Crippen molar-refractivity contribution in [1.29, 1.82) is 5.26 Å². The van der Waals surface area contributed by atoms with Gasteiger partial charge in [-0.15, -0.1) is 0 Å². The largest absolute Gasteiger partial charge is 0.394 e. The normalized spacial score (nSPS) is 25.1. The van der Waals surface area contributed by atoms with Crippen LogP contribution >= 0.6 is 0 Å². The van der Waals surface area contributed by atoms with Gasteiger partial charge in [-0.3, -0.25) is 14.9 Å². The number of aliphatic hydroxyl groups excluding tert-OH is 1. The Kier molecular flexibility index (Phi) is 6.16. The Morgan fingerprint density at radius 3 is 2.45 bits per heavy atom. The van der Waals surface area contributed by atoms with E-state index in [1.165, 1.54) is 0 Å². The molecule has 2 atom stereocenters. The van der Waals surface area contributed by atoms with Gasteiger partial charge in [0.2, 0.25) is 11.8 Å². The van der Waals surface area contributed by atoms with Gasteiger partial charge in [-0.25, -0.2) is 0 Å². The molecule has 0 bridgehead atoms. The molecular formula is C15H24N4O3. The zero-order chi connectivity index (χ0) is 15.9. The third kappa shape index (κ3) is 3.96. The molecular weight excluding hydrogens is 284 g/mol. The molecule has 22 heavy (non-hydrogen) atoms. The van der Waals surface area contributed by atoms with E-state index in [9.17, 15) is 14.7 Å². The highest BCUT2D eigenvalue weighted by molar-refractivity contribution is 5.82. The predicted molar refractivity (Wildman–Crippen MR) is 79.7 cm³/mol. The number of nitrogens with one attached hydrogen (secondary N) is 1. The van der Waals surface area contributed by atoms with Gasteiger partial charge in [0.05, 0.1) is 31.8 Å². The first kappa shape index (κ1) is 16.7. The minimum atomic E-state index is -0.328. The van der Waals surface area contributed by atoms with E-state index in [2.05, 4.69) is 11.4 Å². The maximum Gasteiger partial charge on any atom is 0.237 e. The number of piperidine rings is 1. The molecule has 2 aliphatic rings. The summed E-state index contributed by atoms with van der Waals surface area (Å²) >= 11 is 0. The number of nitrogens with zero attached hydrogens (tertiary/aromatic N) is 3. The van der Waals surface area contributed by atoms with Crippen LogP contribution in [0.4, 0.5) is 0 Å². The second-order valence-corrected chi connectivity index (χ2v) is 5.90. The molecule has 2 amide bonds. The lowest BCUT2D eigenvalue weighted by molar-refractivity contribution is -0.135. The van der Waals surface area contributed by atoms with Gasteiger partial charge < -0.3 is 14.9 Å². The first-order valence-electron chi connectivity index (χ1n) is 7.97. The molecule has 7 nitrogen and oxygen atoms in total. The molecule has 7 heteroatoms. The molecule has 2 heterocycles. The molecule has 0 aromatic rings. The Morgan fingerprint density at radius 2 is 1.77 bits per heavy atom. The van der Waals surface area contributed by atoms with Crippen LogP contribution in [0.3, 0.4) is 0 Å². The second-order valence-electron chi connectivity index (χ2n) is 5.90. The summed E-state index contributed by atoms with van der Waals surface area (Å²) in [6.07, 6.45) is 4.41. The molecule has 2 rings (SSSR count). The van der Waals surface area contributed by atoms with Crippen molar-refractivity contribution in [1.82, 2.24) is 15.1 Å². The lowest BCUT2D eigenvalue weighted by atomic mass is 10.0. The standard InChI is InChI=1S/C15H24N4O3/c16-8-12-5-3-7-18(12)14(21)9-17-10-15(22)19-6-2-1-4-13(19)11-20/h12-13,17,20H,1-7,9-11H2/t12-,13+/m0/s1. The summed E-state index contributed by atoms with van der Waals surface area (Å²) in [5, 5.41) is 21.2. The molecule has 0 aliphatic carbocycles. The van der Waals surface area contributed by atoms with Gasteiger partial charge in [-0.1, -0.05) is 0 Å². The van der Waals surface area contributed by atoms with Crippen molar-refractivity contribution in [2.75, 3.05) is 32.8 Å². The minimum absolute atomic E-state index is 0.0116. The van der Waals surface area contributed by atoms with Crippen molar-refractivity contribution in [3.63, 3.8) is 0 Å². The zero-order valence-corrected chi connectivity index (χ0v) is 12.8. The molecule has 2 N–H and O–H groups in total. The van der Waals surface area contributed by atoms with E-state index < -0.39 is 0 Å². The smallest absolute Gasteiger partial charge is 0.237 e. The van der Waals surface area contributed by atoms with Crippen LogP contribution in [0.5, 0.6) is 0 Å². The molecule has 0 aromatic heterocycles. The highest BCUT2D eigenvalue weighted by atomic mass is 16.3. The summed E-state index contributed by atoms with van der Waals surface area (Å²) in [6.45, 7) is 1.44. The van der Waals surface area contributed by atoms with E-state index in [0.717, 1.165) is 32.1 Å². The van der Waals surface area contributed by atoms with Gasteiger partial charge in [0.15, 0.2) is 0 Å². The minimum Gasteiger partial charge on any atom is -0.394 e. The highest BCUT2D eigenvalue weighted by Crippen LogP contribution is 2.17. The number of hydrogen-bond donors (Lipinski definition) is 2. The molecule has 0 aromatic carbocycles. The number of nitriles is 1. The van der Waals surface area contributed by atoms with Crippen LogP contribution in [0, 0.1) is 11.3 Å². The van der Waals surface area contributed by atoms with Crippen molar-refractivity contribution in [3.05, 3.63) is 0 Å². The zero-order valence-electron chi connectivity index (χ0n) is 12.8. The maximum atomic E-state index is 12.2. The molecule has 0 saturated carbocycles. The van der Waals surface area contributed by atoms with Crippen LogP contribution in [0.1, 0.15) is 32.1 Å². The Labute approximate surface area is 130 Å². The van der Waals surface area contributed by atoms with E-state index >= 15 is 0 Å². The van der Waals surface area contributed by atoms with Crippen LogP contribution in [-0.2, 0) is 9.59 Å². The van der Waals surface area contributed by atoms with Crippen LogP contribution in [0.15, 0.2) is 0 Å². The first-order chi connectivity index (χ1) is 10.7. The van der Waals surface area contributed by atoms with E-state index in [0.29, 0.717) is 13.1 Å². The van der Waals surface area contributed by atoms with Crippen molar-refractivity contribution >= 4 is 11.8 Å². The Bertz CT molecular complexity index is 449. The van der Waals surface area contributed by atoms with Gasteiger partial charge >= 0.3 is 0 Å². The fraction of sp³-hybridized carbons (Fsp3) is 0.800. The number of carbonyl (C=O) groups excluding carboxylic acids is 2. The summed E-state index contributed by atoms with van der Waals surface area (Å²) in [7, 11) is 0. The van der Waals surface area contributed by atoms with Gasteiger partial charge in [0.1, 0.15) is 6.04 Å². The van der Waals surface area contributed by atoms with E-state index in [-0.39, 0.29) is 43.6 Å². The Balaban J connectivity index is 1.74. The molecule has 0 spiro atoms. The Morgan fingerprint density at radius 1 is 1.09 bits per heavy atom. The fourth-order valence-corrected chi connectivity index (χ4v) is 3.20. The van der Waals surface area contributed by atoms with E-state index in [4.69, 9.17) is 5.26 Å². The topological polar surface area (TPSA) is 96.7 Å². The van der Waals surface area contributed by atoms with Gasteiger partial charge in [-0.05, 0) is 32.1 Å². The monoisotopic (exact) mass is 308 g/mol. The number of aliphatic hydroxyl groups is 1. The number of likely N-dealkylation sites (tertiary alicyclic amines) is 2. The third-order valence-electron chi connectivity index (χ3n) is 4.43. The van der Waals surface area contributed by atoms with Crippen LogP contribution in [0.25, 0.3) is 0 Å². The molecule has 0 radical (unpaired) electrons. The molecule has 2 aliphatic heterocycles. The predicted octanol–water partition coefficient (Wildman–Crippen LogP) is -0.536. The lowest BCUT2D eigenvalue weighted by Gasteiger charge is -2.34. The Hall–Kier alpha value is -1.65. The molecule has 0 unspecified atom stereocenters. The first-order valence-corrected chi connectivity index (χ1v) is 7.97. The summed E-state index contributed by atoms with van der Waals surface area (Å²) in [5.41, 5.74) is 0. The fourth-order valence-electron chi connectivity index (χ4n) is 3.20. The van der Waals surface area contributed by atoms with Crippen LogP contribution < -0.4 is 5.32 Å². The van der Waals surface area contributed by atoms with E-state index in [1.54, 1.807) is 9.80 Å². The average Bonchev–Trinajstić information content (AvgIpc) is 3.03. The number of rotatable bonds is 5. The summed E-state index contributed by atoms with van der Waals surface area (Å²) in [5.74, 6) is -0.209. The maximum absolute atomic E-state index is 12.2.